The van der Waals surface area contributed by atoms with Gasteiger partial charge in [0, 0.05) is 21.5 Å². The van der Waals surface area contributed by atoms with Gasteiger partial charge in [-0.1, -0.05) is 57.9 Å². The summed E-state index contributed by atoms with van der Waals surface area (Å²) >= 11 is 4.70. The minimum Gasteiger partial charge on any atom is -0.465 e. The summed E-state index contributed by atoms with van der Waals surface area (Å²) in [7, 11) is 1.33. The summed E-state index contributed by atoms with van der Waals surface area (Å²) in [6.07, 6.45) is 3.18. The molecule has 0 bridgehead atoms. The topological polar surface area (TPSA) is 55.4 Å². The monoisotopic (exact) mass is 455 g/mol. The molecule has 1 heterocycles. The first kappa shape index (κ1) is 20.0. The number of hydrogen-bond donors (Lipinski definition) is 1. The number of methoxy groups -OCH3 is 1. The van der Waals surface area contributed by atoms with Crippen molar-refractivity contribution >= 4 is 50.2 Å². The van der Waals surface area contributed by atoms with Crippen LogP contribution in [0.15, 0.2) is 64.5 Å². The third kappa shape index (κ3) is 4.77. The van der Waals surface area contributed by atoms with Gasteiger partial charge in [0.15, 0.2) is 0 Å². The molecule has 0 radical (unpaired) electrons. The number of hydrogen-bond acceptors (Lipinski definition) is 4. The lowest BCUT2D eigenvalue weighted by Gasteiger charge is -2.07. The third-order valence-electron chi connectivity index (χ3n) is 4.08. The molecule has 142 valence electrons. The molecule has 0 atom stereocenters. The van der Waals surface area contributed by atoms with Crippen molar-refractivity contribution in [2.24, 2.45) is 0 Å². The van der Waals surface area contributed by atoms with Gasteiger partial charge in [-0.3, -0.25) is 4.79 Å². The zero-order chi connectivity index (χ0) is 20.1. The molecule has 0 unspecified atom stereocenters. The fraction of sp³-hybridized carbons (Fsp3) is 0.0909. The van der Waals surface area contributed by atoms with E-state index in [4.69, 9.17) is 4.74 Å². The van der Waals surface area contributed by atoms with Gasteiger partial charge in [-0.2, -0.15) is 0 Å². The van der Waals surface area contributed by atoms with E-state index in [9.17, 15) is 9.59 Å². The molecule has 2 aromatic carbocycles. The summed E-state index contributed by atoms with van der Waals surface area (Å²) in [5.74, 6) is -0.799. The molecule has 0 saturated carbocycles. The molecule has 0 spiro atoms. The maximum atomic E-state index is 12.4. The summed E-state index contributed by atoms with van der Waals surface area (Å²) in [5, 5.41) is 5.10. The molecular weight excluding hydrogens is 438 g/mol. The van der Waals surface area contributed by atoms with Crippen LogP contribution in [0.2, 0.25) is 0 Å². The Labute approximate surface area is 176 Å². The molecule has 0 saturated heterocycles. The van der Waals surface area contributed by atoms with E-state index in [2.05, 4.69) is 21.2 Å². The van der Waals surface area contributed by atoms with E-state index in [1.807, 2.05) is 60.8 Å². The second kappa shape index (κ2) is 8.99. The molecular formula is C22H18BrNO3S. The largest absolute Gasteiger partial charge is 0.465 e. The summed E-state index contributed by atoms with van der Waals surface area (Å²) in [5.41, 5.74) is 4.03. The number of rotatable bonds is 5. The minimum atomic E-state index is -0.489. The predicted octanol–water partition coefficient (Wildman–Crippen LogP) is 5.92. The van der Waals surface area contributed by atoms with E-state index in [0.717, 1.165) is 26.7 Å². The Kier molecular flexibility index (Phi) is 6.44. The van der Waals surface area contributed by atoms with Crippen LogP contribution in [0.25, 0.3) is 17.2 Å². The number of anilines is 1. The molecule has 0 aliphatic carbocycles. The Morgan fingerprint density at radius 2 is 1.75 bits per heavy atom. The van der Waals surface area contributed by atoms with Crippen molar-refractivity contribution in [2.75, 3.05) is 12.4 Å². The van der Waals surface area contributed by atoms with Gasteiger partial charge < -0.3 is 10.1 Å². The van der Waals surface area contributed by atoms with Crippen molar-refractivity contribution in [3.05, 3.63) is 81.2 Å². The van der Waals surface area contributed by atoms with E-state index in [-0.39, 0.29) is 5.91 Å². The molecule has 1 amide bonds. The normalized spacial score (nSPS) is 10.8. The molecule has 1 aromatic heterocycles. The van der Waals surface area contributed by atoms with Crippen LogP contribution < -0.4 is 5.32 Å². The van der Waals surface area contributed by atoms with Crippen LogP contribution in [-0.2, 0) is 9.53 Å². The van der Waals surface area contributed by atoms with Crippen LogP contribution in [0, 0.1) is 6.92 Å². The number of nitrogens with one attached hydrogen (secondary N) is 1. The zero-order valence-corrected chi connectivity index (χ0v) is 17.8. The summed E-state index contributed by atoms with van der Waals surface area (Å²) in [6.45, 7) is 2.01. The van der Waals surface area contributed by atoms with Crippen LogP contribution in [0.1, 0.15) is 21.5 Å². The lowest BCUT2D eigenvalue weighted by atomic mass is 10.0. The Hall–Kier alpha value is -2.70. The molecule has 0 aliphatic rings. The molecule has 6 heteroatoms. The van der Waals surface area contributed by atoms with Crippen LogP contribution in [0.3, 0.4) is 0 Å². The van der Waals surface area contributed by atoms with Gasteiger partial charge in [-0.25, -0.2) is 4.79 Å². The number of ether oxygens (including phenoxy) is 1. The fourth-order valence-corrected chi connectivity index (χ4v) is 3.82. The number of halogens is 1. The van der Waals surface area contributed by atoms with Gasteiger partial charge in [0.05, 0.1) is 7.11 Å². The van der Waals surface area contributed by atoms with Crippen molar-refractivity contribution in [2.45, 2.75) is 6.92 Å². The second-order valence-corrected chi connectivity index (χ2v) is 7.88. The van der Waals surface area contributed by atoms with Crippen LogP contribution in [-0.4, -0.2) is 19.0 Å². The van der Waals surface area contributed by atoms with E-state index < -0.39 is 5.97 Å². The smallest absolute Gasteiger partial charge is 0.341 e. The predicted molar refractivity (Wildman–Crippen MR) is 118 cm³/mol. The fourth-order valence-electron chi connectivity index (χ4n) is 2.60. The van der Waals surface area contributed by atoms with Gasteiger partial charge in [-0.05, 0) is 36.3 Å². The highest BCUT2D eigenvalue weighted by Crippen LogP contribution is 2.36. The summed E-state index contributed by atoms with van der Waals surface area (Å²) < 4.78 is 5.88. The Morgan fingerprint density at radius 1 is 1.07 bits per heavy atom. The molecule has 1 N–H and O–H groups in total. The van der Waals surface area contributed by atoms with Gasteiger partial charge in [0.2, 0.25) is 5.91 Å². The highest BCUT2D eigenvalue weighted by Gasteiger charge is 2.21. The first-order valence-electron chi connectivity index (χ1n) is 8.49. The Morgan fingerprint density at radius 3 is 2.39 bits per heavy atom. The molecule has 3 aromatic rings. The first-order chi connectivity index (χ1) is 13.5. The molecule has 4 nitrogen and oxygen atoms in total. The van der Waals surface area contributed by atoms with Crippen LogP contribution in [0.5, 0.6) is 0 Å². The number of aryl methyl sites for hydroxylation is 1. The SMILES string of the molecule is COC(=O)c1c(-c2ccc(Br)cc2)csc1NC(=O)/C=C/c1ccc(C)cc1. The summed E-state index contributed by atoms with van der Waals surface area (Å²) in [4.78, 5) is 24.7. The van der Waals surface area contributed by atoms with Gasteiger partial charge in [0.1, 0.15) is 10.6 Å². The van der Waals surface area contributed by atoms with E-state index in [0.29, 0.717) is 10.6 Å². The third-order valence-corrected chi connectivity index (χ3v) is 5.50. The Bertz CT molecular complexity index is 1020. The standard InChI is InChI=1S/C22H18BrNO3S/c1-14-3-5-15(6-4-14)7-12-19(25)24-21-20(22(26)27-2)18(13-28-21)16-8-10-17(23)11-9-16/h3-13H,1-2H3,(H,24,25)/b12-7+. The van der Waals surface area contributed by atoms with Crippen LogP contribution >= 0.6 is 27.3 Å². The highest BCUT2D eigenvalue weighted by atomic mass is 79.9. The minimum absolute atomic E-state index is 0.310. The number of benzene rings is 2. The van der Waals surface area contributed by atoms with E-state index in [1.165, 1.54) is 24.5 Å². The number of esters is 1. The van der Waals surface area contributed by atoms with Crippen molar-refractivity contribution in [3.8, 4) is 11.1 Å². The zero-order valence-electron chi connectivity index (χ0n) is 15.4. The second-order valence-electron chi connectivity index (χ2n) is 6.09. The number of carbonyl (C=O) groups excluding carboxylic acids is 2. The van der Waals surface area contributed by atoms with E-state index >= 15 is 0 Å². The summed E-state index contributed by atoms with van der Waals surface area (Å²) in [6, 6.07) is 15.5. The molecule has 0 fully saturated rings. The van der Waals surface area contributed by atoms with Gasteiger partial charge in [-0.15, -0.1) is 11.3 Å². The lowest BCUT2D eigenvalue weighted by Crippen LogP contribution is -2.11. The molecule has 3 rings (SSSR count). The van der Waals surface area contributed by atoms with Crippen LogP contribution in [0.4, 0.5) is 5.00 Å². The van der Waals surface area contributed by atoms with Gasteiger partial charge >= 0.3 is 5.97 Å². The molecule has 0 aliphatic heterocycles. The average Bonchev–Trinajstić information content (AvgIpc) is 3.11. The quantitative estimate of drug-likeness (QED) is 0.383. The van der Waals surface area contributed by atoms with Crippen molar-refractivity contribution in [1.82, 2.24) is 0 Å². The highest BCUT2D eigenvalue weighted by molar-refractivity contribution is 9.10. The Balaban J connectivity index is 1.85. The van der Waals surface area contributed by atoms with Crippen molar-refractivity contribution in [1.29, 1.82) is 0 Å². The van der Waals surface area contributed by atoms with E-state index in [1.54, 1.807) is 6.08 Å². The van der Waals surface area contributed by atoms with Crippen molar-refractivity contribution in [3.63, 3.8) is 0 Å². The average molecular weight is 456 g/mol. The maximum Gasteiger partial charge on any atom is 0.341 e. The number of carbonyl (C=O) groups is 2. The maximum absolute atomic E-state index is 12.4. The first-order valence-corrected chi connectivity index (χ1v) is 10.2. The van der Waals surface area contributed by atoms with Gasteiger partial charge in [0.25, 0.3) is 0 Å². The number of thiophene rings is 1. The molecule has 28 heavy (non-hydrogen) atoms. The lowest BCUT2D eigenvalue weighted by molar-refractivity contribution is -0.111. The number of amides is 1. The van der Waals surface area contributed by atoms with Crippen molar-refractivity contribution < 1.29 is 14.3 Å².